The Kier molecular flexibility index (Phi) is 4.39. The van der Waals surface area contributed by atoms with Crippen LogP contribution >= 0.6 is 0 Å². The number of aryl methyl sites for hydroxylation is 1. The van der Waals surface area contributed by atoms with Gasteiger partial charge in [-0.15, -0.1) is 0 Å². The maximum atomic E-state index is 4.98. The summed E-state index contributed by atoms with van der Waals surface area (Å²) in [4.78, 5) is 7.15. The van der Waals surface area contributed by atoms with Crippen molar-refractivity contribution in [3.05, 3.63) is 65.6 Å². The van der Waals surface area contributed by atoms with Gasteiger partial charge in [0.1, 0.15) is 5.82 Å². The maximum Gasteiger partial charge on any atom is 0.161 e. The number of nitrogens with zero attached hydrogens (tertiary/aromatic N) is 5. The minimum atomic E-state index is 0.349. The molecule has 0 fully saturated rings. The van der Waals surface area contributed by atoms with Gasteiger partial charge in [0, 0.05) is 37.0 Å². The van der Waals surface area contributed by atoms with E-state index in [4.69, 9.17) is 10.1 Å². The van der Waals surface area contributed by atoms with Gasteiger partial charge in [0.05, 0.1) is 17.6 Å². The number of rotatable bonds is 5. The zero-order valence-electron chi connectivity index (χ0n) is 16.1. The third kappa shape index (κ3) is 3.18. The van der Waals surface area contributed by atoms with Crippen molar-refractivity contribution in [1.82, 2.24) is 24.8 Å². The molecule has 0 aliphatic heterocycles. The highest BCUT2D eigenvalue weighted by Gasteiger charge is 2.19. The lowest BCUT2D eigenvalue weighted by Gasteiger charge is -2.20. The number of aromatic nitrogens is 5. The predicted octanol–water partition coefficient (Wildman–Crippen LogP) is 4.19. The quantitative estimate of drug-likeness (QED) is 0.580. The molecule has 0 spiro atoms. The summed E-state index contributed by atoms with van der Waals surface area (Å²) in [6.07, 6.45) is 3.71. The summed E-state index contributed by atoms with van der Waals surface area (Å²) in [7, 11) is 2.07. The molecule has 6 nitrogen and oxygen atoms in total. The van der Waals surface area contributed by atoms with E-state index in [2.05, 4.69) is 73.2 Å². The van der Waals surface area contributed by atoms with Crippen LogP contribution in [0.15, 0.2) is 48.8 Å². The van der Waals surface area contributed by atoms with Crippen molar-refractivity contribution >= 4 is 11.5 Å². The fraction of sp³-hybridized carbons (Fsp3) is 0.286. The second kappa shape index (κ2) is 6.87. The molecule has 3 aromatic heterocycles. The van der Waals surface area contributed by atoms with Crippen molar-refractivity contribution in [3.8, 4) is 11.3 Å². The molecule has 0 aliphatic rings. The van der Waals surface area contributed by atoms with Gasteiger partial charge in [0.15, 0.2) is 5.65 Å². The molecule has 0 radical (unpaired) electrons. The average Bonchev–Trinajstić information content (AvgIpc) is 3.28. The molecule has 0 unspecified atom stereocenters. The molecule has 0 saturated carbocycles. The van der Waals surface area contributed by atoms with Crippen molar-refractivity contribution in [1.29, 1.82) is 0 Å². The summed E-state index contributed by atoms with van der Waals surface area (Å²) >= 11 is 0. The molecule has 138 valence electrons. The molecule has 6 heteroatoms. The van der Waals surface area contributed by atoms with Gasteiger partial charge >= 0.3 is 0 Å². The lowest BCUT2D eigenvalue weighted by atomic mass is 10.0. The van der Waals surface area contributed by atoms with Gasteiger partial charge in [-0.3, -0.25) is 5.10 Å². The number of H-pyrrole nitrogens is 1. The predicted molar refractivity (Wildman–Crippen MR) is 108 cm³/mol. The van der Waals surface area contributed by atoms with E-state index in [1.165, 1.54) is 11.1 Å². The van der Waals surface area contributed by atoms with Crippen molar-refractivity contribution in [3.63, 3.8) is 0 Å². The van der Waals surface area contributed by atoms with E-state index in [0.29, 0.717) is 5.92 Å². The van der Waals surface area contributed by atoms with Crippen molar-refractivity contribution < 1.29 is 0 Å². The highest BCUT2D eigenvalue weighted by Crippen LogP contribution is 2.30. The fourth-order valence-electron chi connectivity index (χ4n) is 3.53. The van der Waals surface area contributed by atoms with Gasteiger partial charge < -0.3 is 4.90 Å². The number of nitrogens with one attached hydrogen (secondary N) is 1. The lowest BCUT2D eigenvalue weighted by Crippen LogP contribution is -2.18. The van der Waals surface area contributed by atoms with E-state index in [9.17, 15) is 0 Å². The molecule has 1 N–H and O–H groups in total. The monoisotopic (exact) mass is 360 g/mol. The first-order chi connectivity index (χ1) is 13.0. The first-order valence-electron chi connectivity index (χ1n) is 9.19. The number of aromatic amines is 1. The number of hydrogen-bond acceptors (Lipinski definition) is 4. The molecule has 4 rings (SSSR count). The highest BCUT2D eigenvalue weighted by molar-refractivity contribution is 5.68. The minimum absolute atomic E-state index is 0.349. The molecule has 4 aromatic rings. The summed E-state index contributed by atoms with van der Waals surface area (Å²) in [5.74, 6) is 1.27. The van der Waals surface area contributed by atoms with Crippen LogP contribution in [0.4, 0.5) is 5.82 Å². The number of benzene rings is 1. The molecular formula is C21H24N6. The lowest BCUT2D eigenvalue weighted by molar-refractivity contribution is 0.858. The number of hydrogen-bond donors (Lipinski definition) is 1. The Hall–Kier alpha value is -3.15. The fourth-order valence-corrected chi connectivity index (χ4v) is 3.53. The van der Waals surface area contributed by atoms with Crippen LogP contribution in [0.1, 0.15) is 36.6 Å². The zero-order chi connectivity index (χ0) is 19.0. The Bertz CT molecular complexity index is 1050. The molecule has 1 aromatic carbocycles. The molecule has 3 heterocycles. The van der Waals surface area contributed by atoms with Gasteiger partial charge in [-0.05, 0) is 18.4 Å². The molecule has 0 bridgehead atoms. The highest BCUT2D eigenvalue weighted by atomic mass is 15.3. The average molecular weight is 360 g/mol. The van der Waals surface area contributed by atoms with Gasteiger partial charge in [0.2, 0.25) is 0 Å². The van der Waals surface area contributed by atoms with E-state index in [1.807, 2.05) is 23.0 Å². The van der Waals surface area contributed by atoms with Gasteiger partial charge in [-0.1, -0.05) is 44.2 Å². The topological polar surface area (TPSA) is 62.1 Å². The van der Waals surface area contributed by atoms with E-state index < -0.39 is 0 Å². The summed E-state index contributed by atoms with van der Waals surface area (Å²) in [5.41, 5.74) is 6.35. The Balaban J connectivity index is 1.87. The van der Waals surface area contributed by atoms with Gasteiger partial charge in [0.25, 0.3) is 0 Å². The van der Waals surface area contributed by atoms with Crippen LogP contribution < -0.4 is 4.90 Å². The number of fused-ring (bicyclic) bond motifs is 1. The van der Waals surface area contributed by atoms with Crippen molar-refractivity contribution in [2.75, 3.05) is 11.9 Å². The molecule has 27 heavy (non-hydrogen) atoms. The summed E-state index contributed by atoms with van der Waals surface area (Å²) in [5, 5.41) is 11.8. The normalized spacial score (nSPS) is 11.4. The van der Waals surface area contributed by atoms with Crippen molar-refractivity contribution in [2.24, 2.45) is 0 Å². The van der Waals surface area contributed by atoms with Gasteiger partial charge in [-0.25, -0.2) is 9.50 Å². The molecular weight excluding hydrogens is 336 g/mol. The third-order valence-electron chi connectivity index (χ3n) is 4.82. The molecule has 0 atom stereocenters. The van der Waals surface area contributed by atoms with Crippen LogP contribution in [-0.4, -0.2) is 31.8 Å². The Morgan fingerprint density at radius 3 is 2.63 bits per heavy atom. The summed E-state index contributed by atoms with van der Waals surface area (Å²) < 4.78 is 1.94. The summed E-state index contributed by atoms with van der Waals surface area (Å²) in [6.45, 7) is 7.21. The Morgan fingerprint density at radius 1 is 1.19 bits per heavy atom. The second-order valence-corrected chi connectivity index (χ2v) is 7.22. The van der Waals surface area contributed by atoms with E-state index in [1.54, 1.807) is 0 Å². The van der Waals surface area contributed by atoms with Crippen LogP contribution in [-0.2, 0) is 6.54 Å². The van der Waals surface area contributed by atoms with Crippen molar-refractivity contribution in [2.45, 2.75) is 33.2 Å². The van der Waals surface area contributed by atoms with E-state index >= 15 is 0 Å². The Morgan fingerprint density at radius 2 is 1.96 bits per heavy atom. The van der Waals surface area contributed by atoms with Crippen LogP contribution in [0, 0.1) is 6.92 Å². The third-order valence-corrected chi connectivity index (χ3v) is 4.82. The van der Waals surface area contributed by atoms with Gasteiger partial charge in [-0.2, -0.15) is 10.2 Å². The standard InChI is InChI=1S/C21H24N6/c1-14(2)20-15(3)25-27-18(17-11-22-23-12-17)10-19(24-21(20)27)26(4)13-16-8-6-5-7-9-16/h5-12,14H,13H2,1-4H3,(H,22,23). The van der Waals surface area contributed by atoms with Crippen LogP contribution in [0.2, 0.25) is 0 Å². The summed E-state index contributed by atoms with van der Waals surface area (Å²) in [6, 6.07) is 12.5. The van der Waals surface area contributed by atoms with Crippen LogP contribution in [0.3, 0.4) is 0 Å². The number of anilines is 1. The van der Waals surface area contributed by atoms with E-state index in [0.717, 1.165) is 35.0 Å². The first kappa shape index (κ1) is 17.3. The molecule has 0 saturated heterocycles. The van der Waals surface area contributed by atoms with Crippen LogP contribution in [0.25, 0.3) is 16.9 Å². The minimum Gasteiger partial charge on any atom is -0.355 e. The smallest absolute Gasteiger partial charge is 0.161 e. The molecule has 0 amide bonds. The molecule has 0 aliphatic carbocycles. The zero-order valence-corrected chi connectivity index (χ0v) is 16.1. The largest absolute Gasteiger partial charge is 0.355 e. The van der Waals surface area contributed by atoms with Crippen LogP contribution in [0.5, 0.6) is 0 Å². The van der Waals surface area contributed by atoms with E-state index in [-0.39, 0.29) is 0 Å². The Labute approximate surface area is 158 Å². The maximum absolute atomic E-state index is 4.98. The second-order valence-electron chi connectivity index (χ2n) is 7.22. The first-order valence-corrected chi connectivity index (χ1v) is 9.19. The SMILES string of the molecule is Cc1nn2c(-c3cn[nH]c3)cc(N(C)Cc3ccccc3)nc2c1C(C)C.